The molecule has 1 atom stereocenters. The largest absolute Gasteiger partial charge is 0.523 e. The zero-order valence-electron chi connectivity index (χ0n) is 15.7. The average molecular weight is 466 g/mol. The van der Waals surface area contributed by atoms with Crippen molar-refractivity contribution in [3.63, 3.8) is 0 Å². The molecule has 0 aliphatic heterocycles. The second-order valence-corrected chi connectivity index (χ2v) is 7.07. The lowest BCUT2D eigenvalue weighted by Crippen LogP contribution is -2.39. The summed E-state index contributed by atoms with van der Waals surface area (Å²) in [5.41, 5.74) is -4.54. The summed E-state index contributed by atoms with van der Waals surface area (Å²) in [5, 5.41) is 4.07. The minimum atomic E-state index is -5.21. The van der Waals surface area contributed by atoms with Crippen LogP contribution in [0.3, 0.4) is 0 Å². The lowest BCUT2D eigenvalue weighted by molar-refractivity contribution is -0.370. The summed E-state index contributed by atoms with van der Waals surface area (Å²) >= 11 is 5.76. The average Bonchev–Trinajstić information content (AvgIpc) is 3.14. The maximum Gasteiger partial charge on any atom is 0.523 e. The van der Waals surface area contributed by atoms with Crippen molar-refractivity contribution in [2.75, 3.05) is 0 Å². The fourth-order valence-electron chi connectivity index (χ4n) is 2.97. The van der Waals surface area contributed by atoms with Crippen molar-refractivity contribution in [1.82, 2.24) is 14.8 Å². The molecule has 31 heavy (non-hydrogen) atoms. The number of halogens is 7. The Hall–Kier alpha value is -2.79. The summed E-state index contributed by atoms with van der Waals surface area (Å²) in [6, 6.07) is 8.44. The van der Waals surface area contributed by atoms with E-state index >= 15 is 0 Å². The normalized spacial score (nSPS) is 14.3. The highest BCUT2D eigenvalue weighted by molar-refractivity contribution is 6.30. The minimum Gasteiger partial charge on any atom is -0.457 e. The van der Waals surface area contributed by atoms with Gasteiger partial charge in [0, 0.05) is 5.02 Å². The second kappa shape index (κ2) is 8.39. The van der Waals surface area contributed by atoms with Crippen molar-refractivity contribution in [3.05, 3.63) is 71.3 Å². The maximum absolute atomic E-state index is 13.8. The molecule has 0 bridgehead atoms. The molecular formula is C19H14ClF6N3O2. The fraction of sp³-hybridized carbons (Fsp3) is 0.263. The number of rotatable bonds is 6. The SMILES string of the molecule is CC(Cn1cncn1)(OC(F)(F)F)c1ccc(Oc2ccc(Cl)cc2)cc1C(F)(F)F. The van der Waals surface area contributed by atoms with Gasteiger partial charge in [-0.2, -0.15) is 18.3 Å². The van der Waals surface area contributed by atoms with Crippen LogP contribution in [0, 0.1) is 0 Å². The first kappa shape index (κ1) is 22.9. The molecule has 0 aliphatic rings. The number of hydrogen-bond donors (Lipinski definition) is 0. The van der Waals surface area contributed by atoms with Crippen LogP contribution in [0.25, 0.3) is 0 Å². The monoisotopic (exact) mass is 465 g/mol. The highest BCUT2D eigenvalue weighted by Gasteiger charge is 2.47. The van der Waals surface area contributed by atoms with Crippen LogP contribution in [0.1, 0.15) is 18.1 Å². The summed E-state index contributed by atoms with van der Waals surface area (Å²) in [6.45, 7) is 0.222. The molecule has 1 aromatic heterocycles. The van der Waals surface area contributed by atoms with E-state index in [2.05, 4.69) is 14.8 Å². The summed E-state index contributed by atoms with van der Waals surface area (Å²) in [4.78, 5) is 3.60. The Balaban J connectivity index is 2.06. The van der Waals surface area contributed by atoms with Gasteiger partial charge in [-0.05, 0) is 48.9 Å². The number of benzene rings is 2. The van der Waals surface area contributed by atoms with Gasteiger partial charge >= 0.3 is 12.5 Å². The third-order valence-electron chi connectivity index (χ3n) is 4.19. The summed E-state index contributed by atoms with van der Waals surface area (Å²) in [7, 11) is 0. The number of hydrogen-bond acceptors (Lipinski definition) is 4. The van der Waals surface area contributed by atoms with Crippen LogP contribution in [0.5, 0.6) is 11.5 Å². The third kappa shape index (κ3) is 5.88. The molecule has 166 valence electrons. The van der Waals surface area contributed by atoms with Crippen LogP contribution in [-0.2, 0) is 23.1 Å². The number of nitrogens with zero attached hydrogens (tertiary/aromatic N) is 3. The molecular weight excluding hydrogens is 452 g/mol. The zero-order chi connectivity index (χ0) is 22.9. The van der Waals surface area contributed by atoms with Gasteiger partial charge in [0.25, 0.3) is 0 Å². The molecule has 0 amide bonds. The maximum atomic E-state index is 13.8. The van der Waals surface area contributed by atoms with Crippen LogP contribution in [0.2, 0.25) is 5.02 Å². The molecule has 0 saturated heterocycles. The molecule has 0 aliphatic carbocycles. The number of ether oxygens (including phenoxy) is 2. The van der Waals surface area contributed by atoms with E-state index in [-0.39, 0.29) is 11.5 Å². The molecule has 3 rings (SSSR count). The van der Waals surface area contributed by atoms with Crippen LogP contribution in [0.15, 0.2) is 55.1 Å². The quantitative estimate of drug-likeness (QED) is 0.407. The molecule has 0 fully saturated rings. The Morgan fingerprint density at radius 1 is 0.935 bits per heavy atom. The molecule has 2 aromatic carbocycles. The summed E-state index contributed by atoms with van der Waals surface area (Å²) in [5.74, 6) is -0.0318. The van der Waals surface area contributed by atoms with Crippen molar-refractivity contribution in [2.24, 2.45) is 0 Å². The van der Waals surface area contributed by atoms with Gasteiger partial charge in [-0.15, -0.1) is 13.2 Å². The fourth-order valence-corrected chi connectivity index (χ4v) is 3.10. The van der Waals surface area contributed by atoms with E-state index in [9.17, 15) is 26.3 Å². The van der Waals surface area contributed by atoms with Gasteiger partial charge in [0.1, 0.15) is 29.8 Å². The molecule has 1 unspecified atom stereocenters. The molecule has 0 radical (unpaired) electrons. The molecule has 0 saturated carbocycles. The second-order valence-electron chi connectivity index (χ2n) is 6.63. The van der Waals surface area contributed by atoms with E-state index in [0.717, 1.165) is 36.4 Å². The van der Waals surface area contributed by atoms with Gasteiger partial charge in [0.05, 0.1) is 12.1 Å². The van der Waals surface area contributed by atoms with Crippen molar-refractivity contribution in [2.45, 2.75) is 31.6 Å². The Kier molecular flexibility index (Phi) is 6.19. The predicted molar refractivity (Wildman–Crippen MR) is 97.5 cm³/mol. The molecule has 3 aromatic rings. The number of alkyl halides is 6. The molecule has 12 heteroatoms. The highest BCUT2D eigenvalue weighted by atomic mass is 35.5. The van der Waals surface area contributed by atoms with Crippen LogP contribution in [0.4, 0.5) is 26.3 Å². The van der Waals surface area contributed by atoms with Gasteiger partial charge in [-0.3, -0.25) is 4.74 Å². The molecule has 5 nitrogen and oxygen atoms in total. The van der Waals surface area contributed by atoms with Gasteiger partial charge in [0.15, 0.2) is 0 Å². The van der Waals surface area contributed by atoms with Crippen LogP contribution in [-0.4, -0.2) is 21.1 Å². The van der Waals surface area contributed by atoms with Crippen molar-refractivity contribution in [3.8, 4) is 11.5 Å². The predicted octanol–water partition coefficient (Wildman–Crippen LogP) is 6.19. The molecule has 1 heterocycles. The Bertz CT molecular complexity index is 1020. The van der Waals surface area contributed by atoms with Crippen molar-refractivity contribution in [1.29, 1.82) is 0 Å². The van der Waals surface area contributed by atoms with E-state index < -0.39 is 35.8 Å². The van der Waals surface area contributed by atoms with Crippen molar-refractivity contribution >= 4 is 11.6 Å². The van der Waals surface area contributed by atoms with E-state index in [0.29, 0.717) is 11.1 Å². The van der Waals surface area contributed by atoms with E-state index in [1.54, 1.807) is 0 Å². The van der Waals surface area contributed by atoms with Gasteiger partial charge < -0.3 is 4.74 Å². The van der Waals surface area contributed by atoms with E-state index in [4.69, 9.17) is 16.3 Å². The highest BCUT2D eigenvalue weighted by Crippen LogP contribution is 2.43. The lowest BCUT2D eigenvalue weighted by Gasteiger charge is -2.33. The van der Waals surface area contributed by atoms with Crippen molar-refractivity contribution < 1.29 is 35.8 Å². The number of aromatic nitrogens is 3. The van der Waals surface area contributed by atoms with E-state index in [1.165, 1.54) is 24.3 Å². The first-order valence-corrected chi connectivity index (χ1v) is 8.98. The standard InChI is InChI=1S/C19H14ClF6N3O2/c1-17(31-19(24,25)26,9-29-11-27-10-28-29)15-7-6-14(8-16(15)18(21,22)23)30-13-4-2-12(20)3-5-13/h2-8,10-11H,9H2,1H3. The summed E-state index contributed by atoms with van der Waals surface area (Å²) < 4.78 is 91.3. The van der Waals surface area contributed by atoms with Gasteiger partial charge in [-0.25, -0.2) is 9.67 Å². The molecule has 0 N–H and O–H groups in total. The van der Waals surface area contributed by atoms with Crippen LogP contribution < -0.4 is 4.74 Å². The Labute approximate surface area is 177 Å². The Morgan fingerprint density at radius 3 is 2.13 bits per heavy atom. The lowest BCUT2D eigenvalue weighted by atomic mass is 9.90. The minimum absolute atomic E-state index is 0.196. The van der Waals surface area contributed by atoms with Gasteiger partial charge in [0.2, 0.25) is 0 Å². The third-order valence-corrected chi connectivity index (χ3v) is 4.44. The molecule has 0 spiro atoms. The topological polar surface area (TPSA) is 49.2 Å². The summed E-state index contributed by atoms with van der Waals surface area (Å²) in [6.07, 6.45) is -8.09. The van der Waals surface area contributed by atoms with E-state index in [1.807, 2.05) is 0 Å². The smallest absolute Gasteiger partial charge is 0.457 e. The van der Waals surface area contributed by atoms with Crippen LogP contribution >= 0.6 is 11.6 Å². The Morgan fingerprint density at radius 2 is 1.58 bits per heavy atom. The first-order chi connectivity index (χ1) is 14.4. The zero-order valence-corrected chi connectivity index (χ0v) is 16.5. The first-order valence-electron chi connectivity index (χ1n) is 8.60. The van der Waals surface area contributed by atoms with Gasteiger partial charge in [-0.1, -0.05) is 17.7 Å².